The zero-order valence-electron chi connectivity index (χ0n) is 10.4. The Bertz CT molecular complexity index is 589. The van der Waals surface area contributed by atoms with Gasteiger partial charge in [-0.05, 0) is 12.1 Å². The Hall–Kier alpha value is -2.22. The van der Waals surface area contributed by atoms with Gasteiger partial charge in [-0.2, -0.15) is 8.42 Å². The minimum absolute atomic E-state index is 0.281. The molecule has 0 bridgehead atoms. The summed E-state index contributed by atoms with van der Waals surface area (Å²) in [6.45, 7) is 0. The van der Waals surface area contributed by atoms with Gasteiger partial charge in [-0.3, -0.25) is 14.8 Å². The zero-order chi connectivity index (χ0) is 14.8. The summed E-state index contributed by atoms with van der Waals surface area (Å²) in [4.78, 5) is 12.6. The summed E-state index contributed by atoms with van der Waals surface area (Å²) in [7, 11) is -4.41. The highest BCUT2D eigenvalue weighted by Crippen LogP contribution is 1.96. The molecule has 0 aliphatic heterocycles. The van der Waals surface area contributed by atoms with Gasteiger partial charge >= 0.3 is 10.3 Å². The number of hydrazine groups is 1. The SMILES string of the molecule is O=C(NNS(=O)(=O)O)c1ccccc1.c1ccccc1. The quantitative estimate of drug-likeness (QED) is 0.589. The lowest BCUT2D eigenvalue weighted by atomic mass is 10.2. The number of rotatable bonds is 3. The second kappa shape index (κ2) is 8.05. The normalized spacial score (nSPS) is 10.1. The van der Waals surface area contributed by atoms with E-state index in [-0.39, 0.29) is 5.56 Å². The first-order chi connectivity index (χ1) is 9.49. The summed E-state index contributed by atoms with van der Waals surface area (Å²) < 4.78 is 28.7. The molecule has 0 aliphatic carbocycles. The number of hydrogen-bond donors (Lipinski definition) is 3. The molecule has 0 aromatic heterocycles. The fourth-order valence-corrected chi connectivity index (χ4v) is 1.38. The third-order valence-corrected chi connectivity index (χ3v) is 2.36. The van der Waals surface area contributed by atoms with E-state index in [1.165, 1.54) is 17.0 Å². The largest absolute Gasteiger partial charge is 0.350 e. The third kappa shape index (κ3) is 7.27. The summed E-state index contributed by atoms with van der Waals surface area (Å²) in [6, 6.07) is 20.0. The summed E-state index contributed by atoms with van der Waals surface area (Å²) in [5, 5.41) is 0. The highest BCUT2D eigenvalue weighted by Gasteiger charge is 2.07. The van der Waals surface area contributed by atoms with Gasteiger partial charge in [-0.25, -0.2) is 0 Å². The lowest BCUT2D eigenvalue weighted by molar-refractivity contribution is 0.0943. The molecule has 0 unspecified atom stereocenters. The molecule has 20 heavy (non-hydrogen) atoms. The van der Waals surface area contributed by atoms with E-state index in [1.807, 2.05) is 41.8 Å². The molecule has 106 valence electrons. The smallest absolute Gasteiger partial charge is 0.272 e. The van der Waals surface area contributed by atoms with Gasteiger partial charge in [-0.1, -0.05) is 54.6 Å². The lowest BCUT2D eigenvalue weighted by Gasteiger charge is -2.03. The number of carbonyl (C=O) groups is 1. The van der Waals surface area contributed by atoms with Crippen LogP contribution in [0.25, 0.3) is 0 Å². The van der Waals surface area contributed by atoms with E-state index in [1.54, 1.807) is 18.2 Å². The zero-order valence-corrected chi connectivity index (χ0v) is 11.2. The van der Waals surface area contributed by atoms with Crippen molar-refractivity contribution in [3.63, 3.8) is 0 Å². The van der Waals surface area contributed by atoms with Crippen LogP contribution in [0.15, 0.2) is 66.7 Å². The van der Waals surface area contributed by atoms with Crippen LogP contribution in [0.4, 0.5) is 0 Å². The highest BCUT2D eigenvalue weighted by molar-refractivity contribution is 7.83. The first-order valence-electron chi connectivity index (χ1n) is 5.58. The average Bonchev–Trinajstić information content (AvgIpc) is 2.47. The van der Waals surface area contributed by atoms with Crippen molar-refractivity contribution < 1.29 is 17.8 Å². The van der Waals surface area contributed by atoms with Gasteiger partial charge in [0.05, 0.1) is 0 Å². The first kappa shape index (κ1) is 15.8. The molecule has 6 nitrogen and oxygen atoms in total. The molecule has 0 atom stereocenters. The molecule has 0 saturated heterocycles. The first-order valence-corrected chi connectivity index (χ1v) is 7.02. The van der Waals surface area contributed by atoms with E-state index in [2.05, 4.69) is 0 Å². The van der Waals surface area contributed by atoms with E-state index in [4.69, 9.17) is 4.55 Å². The van der Waals surface area contributed by atoms with Crippen molar-refractivity contribution >= 4 is 16.2 Å². The van der Waals surface area contributed by atoms with E-state index in [0.717, 1.165) is 0 Å². The average molecular weight is 294 g/mol. The topological polar surface area (TPSA) is 95.5 Å². The molecule has 2 aromatic rings. The maximum Gasteiger partial charge on any atom is 0.350 e. The molecule has 0 heterocycles. The second-order valence-electron chi connectivity index (χ2n) is 3.55. The molecule has 0 spiro atoms. The molecular formula is C13H14N2O4S. The molecule has 0 fully saturated rings. The second-order valence-corrected chi connectivity index (χ2v) is 4.71. The van der Waals surface area contributed by atoms with E-state index >= 15 is 0 Å². The van der Waals surface area contributed by atoms with E-state index in [9.17, 15) is 13.2 Å². The van der Waals surface area contributed by atoms with Crippen molar-refractivity contribution in [1.29, 1.82) is 0 Å². The van der Waals surface area contributed by atoms with Gasteiger partial charge in [0.1, 0.15) is 0 Å². The van der Waals surface area contributed by atoms with E-state index in [0.29, 0.717) is 0 Å². The van der Waals surface area contributed by atoms with Gasteiger partial charge in [0.25, 0.3) is 5.91 Å². The van der Waals surface area contributed by atoms with Crippen LogP contribution >= 0.6 is 0 Å². The van der Waals surface area contributed by atoms with Gasteiger partial charge in [0, 0.05) is 5.56 Å². The maximum absolute atomic E-state index is 11.1. The summed E-state index contributed by atoms with van der Waals surface area (Å²) in [5.74, 6) is -0.650. The van der Waals surface area contributed by atoms with Crippen molar-refractivity contribution in [3.8, 4) is 0 Å². The number of nitrogens with one attached hydrogen (secondary N) is 2. The van der Waals surface area contributed by atoms with Crippen LogP contribution in [0.5, 0.6) is 0 Å². The Balaban J connectivity index is 0.000000276. The molecule has 0 radical (unpaired) electrons. The summed E-state index contributed by atoms with van der Waals surface area (Å²) >= 11 is 0. The van der Waals surface area contributed by atoms with Crippen molar-refractivity contribution in [2.75, 3.05) is 0 Å². The van der Waals surface area contributed by atoms with Crippen molar-refractivity contribution in [3.05, 3.63) is 72.3 Å². The van der Waals surface area contributed by atoms with Crippen LogP contribution in [0, 0.1) is 0 Å². The fourth-order valence-electron chi connectivity index (χ4n) is 1.16. The Morgan fingerprint density at radius 2 is 1.25 bits per heavy atom. The Morgan fingerprint density at radius 3 is 1.65 bits per heavy atom. The molecule has 3 N–H and O–H groups in total. The van der Waals surface area contributed by atoms with Crippen LogP contribution in [0.1, 0.15) is 10.4 Å². The Morgan fingerprint density at radius 1 is 0.850 bits per heavy atom. The van der Waals surface area contributed by atoms with E-state index < -0.39 is 16.2 Å². The van der Waals surface area contributed by atoms with Crippen LogP contribution in [0.3, 0.4) is 0 Å². The predicted molar refractivity (Wildman–Crippen MR) is 75.0 cm³/mol. The van der Waals surface area contributed by atoms with Gasteiger partial charge in [0.15, 0.2) is 0 Å². The van der Waals surface area contributed by atoms with Gasteiger partial charge < -0.3 is 0 Å². The minimum atomic E-state index is -4.41. The number of hydrogen-bond acceptors (Lipinski definition) is 3. The van der Waals surface area contributed by atoms with Crippen LogP contribution < -0.4 is 10.3 Å². The predicted octanol–water partition coefficient (Wildman–Crippen LogP) is 1.41. The Labute approximate surface area is 117 Å². The number of benzene rings is 2. The van der Waals surface area contributed by atoms with Gasteiger partial charge in [0.2, 0.25) is 0 Å². The molecule has 2 aromatic carbocycles. The fraction of sp³-hybridized carbons (Fsp3) is 0. The molecule has 0 aliphatic rings. The van der Waals surface area contributed by atoms with Crippen LogP contribution in [-0.2, 0) is 10.3 Å². The minimum Gasteiger partial charge on any atom is -0.272 e. The van der Waals surface area contributed by atoms with Crippen molar-refractivity contribution in [2.24, 2.45) is 0 Å². The molecular weight excluding hydrogens is 280 g/mol. The monoisotopic (exact) mass is 294 g/mol. The maximum atomic E-state index is 11.1. The highest BCUT2D eigenvalue weighted by atomic mass is 32.2. The van der Waals surface area contributed by atoms with Crippen molar-refractivity contribution in [1.82, 2.24) is 10.3 Å². The summed E-state index contributed by atoms with van der Waals surface area (Å²) in [6.07, 6.45) is 0. The lowest BCUT2D eigenvalue weighted by Crippen LogP contribution is -2.41. The number of carbonyl (C=O) groups excluding carboxylic acids is 1. The molecule has 0 saturated carbocycles. The Kier molecular flexibility index (Phi) is 6.38. The molecule has 2 rings (SSSR count). The summed E-state index contributed by atoms with van der Waals surface area (Å²) in [5.41, 5.74) is 2.09. The molecule has 1 amide bonds. The van der Waals surface area contributed by atoms with Crippen molar-refractivity contribution in [2.45, 2.75) is 0 Å². The third-order valence-electron chi connectivity index (χ3n) is 2.00. The molecule has 7 heteroatoms. The standard InChI is InChI=1S/C7H8N2O4S.C6H6/c10-7(8-9-14(11,12)13)6-4-2-1-3-5-6;1-2-4-6-5-3-1/h1-5,9H,(H,8,10)(H,11,12,13);1-6H. The van der Waals surface area contributed by atoms with Crippen LogP contribution in [-0.4, -0.2) is 18.9 Å². The van der Waals surface area contributed by atoms with Crippen LogP contribution in [0.2, 0.25) is 0 Å². The van der Waals surface area contributed by atoms with Gasteiger partial charge in [-0.15, -0.1) is 4.83 Å². The number of amides is 1.